The molecule has 21 heavy (non-hydrogen) atoms. The Morgan fingerprint density at radius 3 is 3.00 bits per heavy atom. The molecule has 3 rings (SSSR count). The van der Waals surface area contributed by atoms with Crippen molar-refractivity contribution in [1.29, 1.82) is 0 Å². The number of sulfonamides is 1. The van der Waals surface area contributed by atoms with Crippen molar-refractivity contribution in [3.63, 3.8) is 0 Å². The van der Waals surface area contributed by atoms with Crippen LogP contribution in [0.25, 0.3) is 0 Å². The highest BCUT2D eigenvalue weighted by molar-refractivity contribution is 7.89. The molecule has 1 aliphatic rings. The van der Waals surface area contributed by atoms with Crippen LogP contribution in [0.3, 0.4) is 0 Å². The predicted octanol–water partition coefficient (Wildman–Crippen LogP) is 0.0222. The third-order valence-electron chi connectivity index (χ3n) is 3.54. The number of rotatable bonds is 4. The number of anilines is 1. The molecule has 9 heteroatoms. The third-order valence-corrected chi connectivity index (χ3v) is 5.39. The average Bonchev–Trinajstić information content (AvgIpc) is 3.04. The van der Waals surface area contributed by atoms with Crippen LogP contribution in [0.15, 0.2) is 23.2 Å². The van der Waals surface area contributed by atoms with E-state index >= 15 is 0 Å². The maximum absolute atomic E-state index is 12.5. The molecule has 0 atom stereocenters. The standard InChI is InChI=1S/C12H16N6O2S/c1-17(8-11-16-15-10-5-3-7-18(10)11)21(19,20)9-4-2-6-14-12(9)13/h2,4,6H,3,5,7-8H2,1H3,(H2,13,14). The summed E-state index contributed by atoms with van der Waals surface area (Å²) < 4.78 is 28.2. The molecule has 0 amide bonds. The molecule has 2 aromatic rings. The quantitative estimate of drug-likeness (QED) is 0.853. The zero-order chi connectivity index (χ0) is 15.0. The van der Waals surface area contributed by atoms with E-state index in [4.69, 9.17) is 5.73 Å². The SMILES string of the molecule is CN(Cc1nnc2n1CCC2)S(=O)(=O)c1cccnc1N. The van der Waals surface area contributed by atoms with E-state index in [0.29, 0.717) is 5.82 Å². The Balaban J connectivity index is 1.88. The second-order valence-corrected chi connectivity index (χ2v) is 6.95. The van der Waals surface area contributed by atoms with Crippen molar-refractivity contribution in [2.75, 3.05) is 12.8 Å². The first-order valence-corrected chi connectivity index (χ1v) is 8.02. The van der Waals surface area contributed by atoms with E-state index in [1.165, 1.54) is 23.6 Å². The molecule has 8 nitrogen and oxygen atoms in total. The molecule has 1 aliphatic heterocycles. The van der Waals surface area contributed by atoms with E-state index in [-0.39, 0.29) is 17.3 Å². The van der Waals surface area contributed by atoms with Gasteiger partial charge in [0.25, 0.3) is 0 Å². The highest BCUT2D eigenvalue weighted by atomic mass is 32.2. The molecule has 0 aliphatic carbocycles. The Morgan fingerprint density at radius 1 is 1.43 bits per heavy atom. The Labute approximate surface area is 122 Å². The second kappa shape index (κ2) is 5.08. The number of aryl methyl sites for hydroxylation is 1. The minimum atomic E-state index is -3.70. The minimum Gasteiger partial charge on any atom is -0.383 e. The average molecular weight is 308 g/mol. The van der Waals surface area contributed by atoms with E-state index < -0.39 is 10.0 Å². The van der Waals surface area contributed by atoms with Crippen molar-refractivity contribution >= 4 is 15.8 Å². The topological polar surface area (TPSA) is 107 Å². The van der Waals surface area contributed by atoms with Crippen LogP contribution in [0.4, 0.5) is 5.82 Å². The maximum Gasteiger partial charge on any atom is 0.246 e. The van der Waals surface area contributed by atoms with Gasteiger partial charge in [0.1, 0.15) is 22.4 Å². The lowest BCUT2D eigenvalue weighted by molar-refractivity contribution is 0.447. The third kappa shape index (κ3) is 2.38. The number of fused-ring (bicyclic) bond motifs is 1. The number of pyridine rings is 1. The fourth-order valence-electron chi connectivity index (χ4n) is 2.40. The summed E-state index contributed by atoms with van der Waals surface area (Å²) >= 11 is 0. The Morgan fingerprint density at radius 2 is 2.24 bits per heavy atom. The smallest absolute Gasteiger partial charge is 0.246 e. The first kappa shape index (κ1) is 14.0. The lowest BCUT2D eigenvalue weighted by Gasteiger charge is -2.17. The second-order valence-electron chi connectivity index (χ2n) is 4.94. The summed E-state index contributed by atoms with van der Waals surface area (Å²) in [7, 11) is -2.20. The predicted molar refractivity (Wildman–Crippen MR) is 75.6 cm³/mol. The van der Waals surface area contributed by atoms with Gasteiger partial charge in [0, 0.05) is 26.2 Å². The van der Waals surface area contributed by atoms with Gasteiger partial charge in [-0.15, -0.1) is 10.2 Å². The van der Waals surface area contributed by atoms with Gasteiger partial charge < -0.3 is 10.3 Å². The van der Waals surface area contributed by atoms with Crippen molar-refractivity contribution in [2.24, 2.45) is 0 Å². The maximum atomic E-state index is 12.5. The van der Waals surface area contributed by atoms with Gasteiger partial charge in [-0.1, -0.05) is 0 Å². The Hall–Kier alpha value is -2.00. The van der Waals surface area contributed by atoms with Gasteiger partial charge in [-0.3, -0.25) is 0 Å². The van der Waals surface area contributed by atoms with Gasteiger partial charge in [-0.2, -0.15) is 4.31 Å². The van der Waals surface area contributed by atoms with Crippen LogP contribution < -0.4 is 5.73 Å². The fourth-order valence-corrected chi connectivity index (χ4v) is 3.59. The molecule has 0 fully saturated rings. The van der Waals surface area contributed by atoms with Crippen LogP contribution in [0, 0.1) is 0 Å². The molecular weight excluding hydrogens is 292 g/mol. The van der Waals surface area contributed by atoms with Gasteiger partial charge in [0.15, 0.2) is 0 Å². The van der Waals surface area contributed by atoms with Gasteiger partial charge in [-0.25, -0.2) is 13.4 Å². The largest absolute Gasteiger partial charge is 0.383 e. The van der Waals surface area contributed by atoms with E-state index in [9.17, 15) is 8.42 Å². The molecule has 2 aromatic heterocycles. The van der Waals surface area contributed by atoms with Crippen LogP contribution in [-0.4, -0.2) is 39.5 Å². The van der Waals surface area contributed by atoms with Crippen molar-refractivity contribution in [1.82, 2.24) is 24.1 Å². The van der Waals surface area contributed by atoms with E-state index in [1.54, 1.807) is 6.07 Å². The zero-order valence-corrected chi connectivity index (χ0v) is 12.4. The van der Waals surface area contributed by atoms with Gasteiger partial charge in [0.2, 0.25) is 10.0 Å². The fraction of sp³-hybridized carbons (Fsp3) is 0.417. The first-order chi connectivity index (χ1) is 10.00. The minimum absolute atomic E-state index is 0.00387. The van der Waals surface area contributed by atoms with Crippen LogP contribution in [-0.2, 0) is 29.5 Å². The molecular formula is C12H16N6O2S. The number of hydrogen-bond acceptors (Lipinski definition) is 6. The van der Waals surface area contributed by atoms with Gasteiger partial charge in [-0.05, 0) is 18.6 Å². The number of aromatic nitrogens is 4. The van der Waals surface area contributed by atoms with Gasteiger partial charge in [0.05, 0.1) is 6.54 Å². The summed E-state index contributed by atoms with van der Waals surface area (Å²) in [5.41, 5.74) is 5.66. The molecule has 0 spiro atoms. The summed E-state index contributed by atoms with van der Waals surface area (Å²) in [6, 6.07) is 2.99. The summed E-state index contributed by atoms with van der Waals surface area (Å²) in [6.45, 7) is 0.990. The Bertz CT molecular complexity index is 770. The van der Waals surface area contributed by atoms with Crippen molar-refractivity contribution in [2.45, 2.75) is 30.8 Å². The number of nitrogens with zero attached hydrogens (tertiary/aromatic N) is 5. The molecule has 0 radical (unpaired) electrons. The van der Waals surface area contributed by atoms with Crippen molar-refractivity contribution in [3.05, 3.63) is 30.0 Å². The number of nitrogens with two attached hydrogens (primary N) is 1. The van der Waals surface area contributed by atoms with Crippen molar-refractivity contribution < 1.29 is 8.42 Å². The van der Waals surface area contributed by atoms with Gasteiger partial charge >= 0.3 is 0 Å². The first-order valence-electron chi connectivity index (χ1n) is 6.58. The van der Waals surface area contributed by atoms with E-state index in [0.717, 1.165) is 25.2 Å². The number of hydrogen-bond donors (Lipinski definition) is 1. The van der Waals surface area contributed by atoms with E-state index in [2.05, 4.69) is 15.2 Å². The summed E-state index contributed by atoms with van der Waals surface area (Å²) in [6.07, 6.45) is 3.36. The Kier molecular flexibility index (Phi) is 3.38. The molecule has 2 N–H and O–H groups in total. The summed E-state index contributed by atoms with van der Waals surface area (Å²) in [5.74, 6) is 1.56. The highest BCUT2D eigenvalue weighted by Crippen LogP contribution is 2.21. The van der Waals surface area contributed by atoms with Crippen LogP contribution in [0.2, 0.25) is 0 Å². The zero-order valence-electron chi connectivity index (χ0n) is 11.6. The summed E-state index contributed by atoms with van der Waals surface area (Å²) in [4.78, 5) is 3.83. The molecule has 0 aromatic carbocycles. The van der Waals surface area contributed by atoms with Crippen LogP contribution >= 0.6 is 0 Å². The van der Waals surface area contributed by atoms with Crippen LogP contribution in [0.5, 0.6) is 0 Å². The monoisotopic (exact) mass is 308 g/mol. The number of nitrogen functional groups attached to an aromatic ring is 1. The lowest BCUT2D eigenvalue weighted by Crippen LogP contribution is -2.28. The molecule has 0 unspecified atom stereocenters. The van der Waals surface area contributed by atoms with Crippen LogP contribution in [0.1, 0.15) is 18.1 Å². The normalized spacial score (nSPS) is 14.6. The highest BCUT2D eigenvalue weighted by Gasteiger charge is 2.26. The van der Waals surface area contributed by atoms with Crippen molar-refractivity contribution in [3.8, 4) is 0 Å². The van der Waals surface area contributed by atoms with E-state index in [1.807, 2.05) is 4.57 Å². The molecule has 0 saturated carbocycles. The lowest BCUT2D eigenvalue weighted by atomic mass is 10.4. The molecule has 0 bridgehead atoms. The molecule has 3 heterocycles. The molecule has 0 saturated heterocycles. The molecule has 112 valence electrons. The summed E-state index contributed by atoms with van der Waals surface area (Å²) in [5, 5.41) is 8.14.